The van der Waals surface area contributed by atoms with Crippen molar-refractivity contribution in [3.63, 3.8) is 0 Å². The zero-order valence-corrected chi connectivity index (χ0v) is 20.5. The molecule has 36 heavy (non-hydrogen) atoms. The first-order valence-corrected chi connectivity index (χ1v) is 11.7. The number of amides is 1. The predicted octanol–water partition coefficient (Wildman–Crippen LogP) is 3.21. The third-order valence-electron chi connectivity index (χ3n) is 5.89. The fourth-order valence-electron chi connectivity index (χ4n) is 3.97. The van der Waals surface area contributed by atoms with Crippen molar-refractivity contribution in [2.75, 3.05) is 38.6 Å². The molecule has 4 atom stereocenters. The normalized spacial score (nSPS) is 20.1. The van der Waals surface area contributed by atoms with Crippen LogP contribution in [0.3, 0.4) is 0 Å². The van der Waals surface area contributed by atoms with E-state index in [0.717, 1.165) is 4.90 Å². The summed E-state index contributed by atoms with van der Waals surface area (Å²) in [6, 6.07) is 4.59. The molecule has 204 valence electrons. The number of aliphatic hydroxyl groups excluding tert-OH is 1. The van der Waals surface area contributed by atoms with Crippen LogP contribution < -0.4 is 10.6 Å². The number of hydrogen-bond acceptors (Lipinski definition) is 7. The smallest absolute Gasteiger partial charge is 0.395 e. The van der Waals surface area contributed by atoms with E-state index >= 15 is 0 Å². The van der Waals surface area contributed by atoms with E-state index in [9.17, 15) is 31.9 Å². The van der Waals surface area contributed by atoms with Gasteiger partial charge >= 0.3 is 12.8 Å². The number of hydrogen-bond donors (Lipinski definition) is 3. The van der Waals surface area contributed by atoms with E-state index in [1.807, 2.05) is 6.92 Å². The van der Waals surface area contributed by atoms with Crippen molar-refractivity contribution >= 4 is 17.8 Å². The molecule has 1 aromatic rings. The lowest BCUT2D eigenvalue weighted by Crippen LogP contribution is -2.59. The van der Waals surface area contributed by atoms with E-state index in [4.69, 9.17) is 0 Å². The Morgan fingerprint density at radius 1 is 1.28 bits per heavy atom. The van der Waals surface area contributed by atoms with Gasteiger partial charge in [0.25, 0.3) is 0 Å². The molecule has 3 N–H and O–H groups in total. The van der Waals surface area contributed by atoms with Gasteiger partial charge in [-0.15, -0.1) is 0 Å². The lowest BCUT2D eigenvalue weighted by atomic mass is 9.97. The highest BCUT2D eigenvalue weighted by molar-refractivity contribution is 5.84. The van der Waals surface area contributed by atoms with Gasteiger partial charge in [-0.05, 0) is 44.3 Å². The highest BCUT2D eigenvalue weighted by Crippen LogP contribution is 2.29. The minimum absolute atomic E-state index is 0.0670. The van der Waals surface area contributed by atoms with E-state index in [0.29, 0.717) is 24.1 Å². The number of nitrogens with zero attached hydrogens (tertiary/aromatic N) is 3. The second-order valence-electron chi connectivity index (χ2n) is 8.47. The van der Waals surface area contributed by atoms with Crippen LogP contribution in [0.5, 0.6) is 0 Å². The van der Waals surface area contributed by atoms with Gasteiger partial charge < -0.3 is 20.1 Å². The molecule has 1 fully saturated rings. The second kappa shape index (κ2) is 13.8. The zero-order valence-electron chi connectivity index (χ0n) is 20.5. The first kappa shape index (κ1) is 29.9. The van der Waals surface area contributed by atoms with Gasteiger partial charge in [-0.1, -0.05) is 25.5 Å². The maximum Gasteiger partial charge on any atom is 0.405 e. The molecule has 1 aliphatic rings. The Balaban J connectivity index is 2.10. The van der Waals surface area contributed by atoms with Crippen LogP contribution in [0.15, 0.2) is 29.3 Å². The van der Waals surface area contributed by atoms with E-state index in [-0.39, 0.29) is 13.1 Å². The number of nitrogens with one attached hydrogen (secondary N) is 2. The summed E-state index contributed by atoms with van der Waals surface area (Å²) in [5.74, 6) is -1.60. The molecule has 0 radical (unpaired) electrons. The van der Waals surface area contributed by atoms with Gasteiger partial charge in [0, 0.05) is 25.3 Å². The number of likely N-dealkylation sites (N-methyl/N-ethyl adjacent to an activating group) is 1. The van der Waals surface area contributed by atoms with E-state index in [1.54, 1.807) is 31.2 Å². The molecule has 0 saturated carbocycles. The zero-order chi connectivity index (χ0) is 26.9. The number of ether oxygens (including phenoxy) is 1. The Kier molecular flexibility index (Phi) is 11.5. The highest BCUT2D eigenvalue weighted by Gasteiger charge is 2.46. The van der Waals surface area contributed by atoms with Crippen LogP contribution in [-0.4, -0.2) is 91.7 Å². The largest absolute Gasteiger partial charge is 0.405 e. The number of piperazine rings is 1. The summed E-state index contributed by atoms with van der Waals surface area (Å²) in [5, 5.41) is 15.7. The molecule has 1 amide bonds. The van der Waals surface area contributed by atoms with Crippen LogP contribution in [0.4, 0.5) is 27.6 Å². The van der Waals surface area contributed by atoms with E-state index in [2.05, 4.69) is 20.4 Å². The molecule has 8 nitrogen and oxygen atoms in total. The number of alkyl halides is 5. The van der Waals surface area contributed by atoms with Gasteiger partial charge in [-0.2, -0.15) is 22.0 Å². The lowest BCUT2D eigenvalue weighted by molar-refractivity contribution is -0.194. The predicted molar refractivity (Wildman–Crippen MR) is 126 cm³/mol. The minimum atomic E-state index is -4.47. The molecule has 1 aliphatic heterocycles. The molecule has 1 saturated heterocycles. The summed E-state index contributed by atoms with van der Waals surface area (Å²) in [4.78, 5) is 19.5. The number of aliphatic imine (C=N–C) groups is 1. The Morgan fingerprint density at radius 3 is 2.47 bits per heavy atom. The van der Waals surface area contributed by atoms with Crippen molar-refractivity contribution in [3.8, 4) is 0 Å². The molecule has 0 aromatic heterocycles. The molecule has 13 heteroatoms. The SMILES string of the molecule is CC=NC(Nc1ccc(C(CO)C(=O)N2CCN(C)C(C(F)(F)F)C2)cc1)NC(CCC)OC(F)F. The Labute approximate surface area is 207 Å². The fourth-order valence-corrected chi connectivity index (χ4v) is 3.97. The number of rotatable bonds is 12. The van der Waals surface area contributed by atoms with Crippen LogP contribution in [0.1, 0.15) is 38.2 Å². The van der Waals surface area contributed by atoms with Crippen LogP contribution in [0, 0.1) is 0 Å². The molecular formula is C23H34F5N5O3. The monoisotopic (exact) mass is 523 g/mol. The molecule has 0 aliphatic carbocycles. The molecule has 0 spiro atoms. The third kappa shape index (κ3) is 8.64. The average molecular weight is 524 g/mol. The standard InChI is InChI=1S/C23H34F5N5O3/c1-4-6-19(36-21(24)25)31-22(29-5-2)30-16-9-7-15(8-10-16)17(14-34)20(35)33-12-11-32(3)18(13-33)23(26,27)28/h5,7-10,17-19,21-22,30-31,34H,4,6,11-14H2,1-3H3. The Morgan fingerprint density at radius 2 is 1.94 bits per heavy atom. The Hall–Kier alpha value is -2.35. The van der Waals surface area contributed by atoms with Crippen molar-refractivity contribution in [2.24, 2.45) is 4.99 Å². The molecule has 0 bridgehead atoms. The second-order valence-corrected chi connectivity index (χ2v) is 8.47. The summed E-state index contributed by atoms with van der Waals surface area (Å²) >= 11 is 0. The minimum Gasteiger partial charge on any atom is -0.395 e. The molecule has 2 rings (SSSR count). The number of anilines is 1. The fraction of sp³-hybridized carbons (Fsp3) is 0.652. The topological polar surface area (TPSA) is 89.4 Å². The van der Waals surface area contributed by atoms with Gasteiger partial charge in [0.05, 0.1) is 12.5 Å². The summed E-state index contributed by atoms with van der Waals surface area (Å²) in [7, 11) is 1.37. The number of halogens is 5. The quantitative estimate of drug-likeness (QED) is 0.222. The number of carbonyl (C=O) groups excluding carboxylic acids is 1. The summed E-state index contributed by atoms with van der Waals surface area (Å²) in [6.45, 7) is -0.323. The van der Waals surface area contributed by atoms with Gasteiger partial charge in [-0.25, -0.2) is 0 Å². The van der Waals surface area contributed by atoms with Crippen LogP contribution in [0.2, 0.25) is 0 Å². The van der Waals surface area contributed by atoms with Crippen molar-refractivity contribution < 1.29 is 36.6 Å². The summed E-state index contributed by atoms with van der Waals surface area (Å²) in [5.41, 5.74) is 0.971. The average Bonchev–Trinajstić information content (AvgIpc) is 2.80. The number of carbonyl (C=O) groups is 1. The van der Waals surface area contributed by atoms with Crippen molar-refractivity contribution in [3.05, 3.63) is 29.8 Å². The molecule has 1 aromatic carbocycles. The van der Waals surface area contributed by atoms with Crippen LogP contribution in [-0.2, 0) is 9.53 Å². The van der Waals surface area contributed by atoms with Gasteiger partial charge in [-0.3, -0.25) is 20.0 Å². The van der Waals surface area contributed by atoms with E-state index < -0.39 is 56.3 Å². The number of aliphatic hydroxyl groups is 1. The Bertz CT molecular complexity index is 840. The van der Waals surface area contributed by atoms with Crippen molar-refractivity contribution in [2.45, 2.75) is 64.0 Å². The first-order chi connectivity index (χ1) is 17.0. The molecular weight excluding hydrogens is 489 g/mol. The van der Waals surface area contributed by atoms with Gasteiger partial charge in [0.1, 0.15) is 12.3 Å². The van der Waals surface area contributed by atoms with Crippen LogP contribution >= 0.6 is 0 Å². The molecule has 1 heterocycles. The van der Waals surface area contributed by atoms with Gasteiger partial charge in [0.15, 0.2) is 6.29 Å². The number of benzene rings is 1. The summed E-state index contributed by atoms with van der Waals surface area (Å²) < 4.78 is 70.0. The van der Waals surface area contributed by atoms with Crippen LogP contribution in [0.25, 0.3) is 0 Å². The summed E-state index contributed by atoms with van der Waals surface area (Å²) in [6.07, 6.45) is -3.75. The maximum absolute atomic E-state index is 13.3. The maximum atomic E-state index is 13.3. The van der Waals surface area contributed by atoms with Gasteiger partial charge in [0.2, 0.25) is 5.91 Å². The van der Waals surface area contributed by atoms with E-state index in [1.165, 1.54) is 18.2 Å². The molecule has 4 unspecified atom stereocenters. The third-order valence-corrected chi connectivity index (χ3v) is 5.89. The van der Waals surface area contributed by atoms with Crippen molar-refractivity contribution in [1.82, 2.24) is 15.1 Å². The highest BCUT2D eigenvalue weighted by atomic mass is 19.4. The lowest BCUT2D eigenvalue weighted by Gasteiger charge is -2.41. The first-order valence-electron chi connectivity index (χ1n) is 11.7. The van der Waals surface area contributed by atoms with Crippen molar-refractivity contribution in [1.29, 1.82) is 0 Å².